The molecule has 0 spiro atoms. The maximum absolute atomic E-state index is 8.84. The quantitative estimate of drug-likeness (QED) is 0.529. The van der Waals surface area contributed by atoms with Crippen LogP contribution in [-0.4, -0.2) is 37.5 Å². The van der Waals surface area contributed by atoms with Crippen LogP contribution in [0.2, 0.25) is 0 Å². The Morgan fingerprint density at radius 2 is 2.07 bits per heavy atom. The Kier molecular flexibility index (Phi) is 10.9. The predicted octanol–water partition coefficient (Wildman–Crippen LogP) is 1.55. The van der Waals surface area contributed by atoms with Crippen molar-refractivity contribution in [3.05, 3.63) is 0 Å². The maximum atomic E-state index is 8.84. The van der Waals surface area contributed by atoms with E-state index in [1.54, 1.807) is 0 Å². The molecule has 0 heterocycles. The Morgan fingerprint density at radius 3 is 2.64 bits per heavy atom. The summed E-state index contributed by atoms with van der Waals surface area (Å²) in [5.74, 6) is 0. The Morgan fingerprint density at radius 1 is 1.29 bits per heavy atom. The Balaban J connectivity index is 3.40. The first-order chi connectivity index (χ1) is 6.85. The van der Waals surface area contributed by atoms with Crippen molar-refractivity contribution in [2.24, 2.45) is 0 Å². The van der Waals surface area contributed by atoms with Crippen molar-refractivity contribution in [1.82, 2.24) is 5.32 Å². The van der Waals surface area contributed by atoms with Crippen LogP contribution in [0.3, 0.4) is 0 Å². The maximum Gasteiger partial charge on any atom is 0.0620 e. The summed E-state index contributed by atoms with van der Waals surface area (Å²) in [4.78, 5) is 0. The third kappa shape index (κ3) is 8.48. The van der Waals surface area contributed by atoms with Gasteiger partial charge in [-0.15, -0.1) is 0 Å². The molecule has 1 atom stereocenters. The van der Waals surface area contributed by atoms with E-state index in [4.69, 9.17) is 9.84 Å². The van der Waals surface area contributed by atoms with Gasteiger partial charge in [-0.25, -0.2) is 0 Å². The lowest BCUT2D eigenvalue weighted by atomic mass is 10.2. The molecule has 0 aliphatic carbocycles. The molecule has 14 heavy (non-hydrogen) atoms. The Bertz CT molecular complexity index is 109. The molecule has 0 bridgehead atoms. The van der Waals surface area contributed by atoms with Crippen molar-refractivity contribution in [3.8, 4) is 0 Å². The molecule has 0 aliphatic heterocycles. The zero-order valence-electron chi connectivity index (χ0n) is 9.59. The predicted molar refractivity (Wildman–Crippen MR) is 59.5 cm³/mol. The molecular formula is C11H25NO2. The minimum absolute atomic E-state index is 0.235. The minimum Gasteiger partial charge on any atom is -0.396 e. The number of ether oxygens (including phenoxy) is 1. The number of nitrogens with one attached hydrogen (secondary N) is 1. The van der Waals surface area contributed by atoms with Crippen LogP contribution < -0.4 is 5.32 Å². The van der Waals surface area contributed by atoms with Gasteiger partial charge in [0.25, 0.3) is 0 Å². The summed E-state index contributed by atoms with van der Waals surface area (Å²) in [7, 11) is 0. The molecule has 2 N–H and O–H groups in total. The molecule has 86 valence electrons. The summed E-state index contributed by atoms with van der Waals surface area (Å²) in [6.45, 7) is 7.10. The van der Waals surface area contributed by atoms with E-state index in [2.05, 4.69) is 19.2 Å². The fourth-order valence-corrected chi connectivity index (χ4v) is 1.22. The zero-order valence-corrected chi connectivity index (χ0v) is 9.59. The van der Waals surface area contributed by atoms with Gasteiger partial charge in [-0.2, -0.15) is 0 Å². The first-order valence-electron chi connectivity index (χ1n) is 5.77. The SMILES string of the molecule is CCCCOCC(CCO)NCCC. The summed E-state index contributed by atoms with van der Waals surface area (Å²) in [5.41, 5.74) is 0. The topological polar surface area (TPSA) is 41.5 Å². The molecule has 0 saturated carbocycles. The van der Waals surface area contributed by atoms with Gasteiger partial charge in [-0.1, -0.05) is 20.3 Å². The third-order valence-electron chi connectivity index (χ3n) is 2.12. The van der Waals surface area contributed by atoms with E-state index in [1.165, 1.54) is 6.42 Å². The van der Waals surface area contributed by atoms with Crippen molar-refractivity contribution in [3.63, 3.8) is 0 Å². The van der Waals surface area contributed by atoms with Gasteiger partial charge in [0.2, 0.25) is 0 Å². The van der Waals surface area contributed by atoms with Crippen molar-refractivity contribution < 1.29 is 9.84 Å². The monoisotopic (exact) mass is 203 g/mol. The van der Waals surface area contributed by atoms with Crippen LogP contribution in [0.1, 0.15) is 39.5 Å². The van der Waals surface area contributed by atoms with Gasteiger partial charge in [0.1, 0.15) is 0 Å². The van der Waals surface area contributed by atoms with E-state index in [-0.39, 0.29) is 6.61 Å². The molecule has 3 nitrogen and oxygen atoms in total. The number of hydrogen-bond acceptors (Lipinski definition) is 3. The molecule has 0 aliphatic rings. The summed E-state index contributed by atoms with van der Waals surface area (Å²) < 4.78 is 5.51. The van der Waals surface area contributed by atoms with E-state index in [0.29, 0.717) is 6.04 Å². The average molecular weight is 203 g/mol. The average Bonchev–Trinajstić information content (AvgIpc) is 2.20. The van der Waals surface area contributed by atoms with Crippen LogP contribution in [0.25, 0.3) is 0 Å². The molecule has 0 radical (unpaired) electrons. The summed E-state index contributed by atoms with van der Waals surface area (Å²) in [5, 5.41) is 12.2. The molecule has 0 rings (SSSR count). The van der Waals surface area contributed by atoms with E-state index < -0.39 is 0 Å². The van der Waals surface area contributed by atoms with E-state index in [0.717, 1.165) is 39.0 Å². The minimum atomic E-state index is 0.235. The fourth-order valence-electron chi connectivity index (χ4n) is 1.22. The number of hydrogen-bond donors (Lipinski definition) is 2. The highest BCUT2D eigenvalue weighted by molar-refractivity contribution is 4.64. The first-order valence-corrected chi connectivity index (χ1v) is 5.77. The molecule has 0 aromatic rings. The molecular weight excluding hydrogens is 178 g/mol. The number of aliphatic hydroxyl groups excluding tert-OH is 1. The summed E-state index contributed by atoms with van der Waals surface area (Å²) in [6.07, 6.45) is 4.20. The van der Waals surface area contributed by atoms with Gasteiger partial charge in [-0.3, -0.25) is 0 Å². The highest BCUT2D eigenvalue weighted by Crippen LogP contribution is 1.95. The molecule has 0 saturated heterocycles. The van der Waals surface area contributed by atoms with Gasteiger partial charge in [0.05, 0.1) is 6.61 Å². The normalized spacial score (nSPS) is 13.1. The van der Waals surface area contributed by atoms with Crippen molar-refractivity contribution in [1.29, 1.82) is 0 Å². The first kappa shape index (κ1) is 13.9. The molecule has 1 unspecified atom stereocenters. The van der Waals surface area contributed by atoms with Gasteiger partial charge >= 0.3 is 0 Å². The lowest BCUT2D eigenvalue weighted by Gasteiger charge is -2.17. The highest BCUT2D eigenvalue weighted by atomic mass is 16.5. The van der Waals surface area contributed by atoms with Gasteiger partial charge in [-0.05, 0) is 25.8 Å². The lowest BCUT2D eigenvalue weighted by Crippen LogP contribution is -2.35. The Hall–Kier alpha value is -0.120. The second-order valence-electron chi connectivity index (χ2n) is 3.59. The van der Waals surface area contributed by atoms with Crippen LogP contribution >= 0.6 is 0 Å². The Labute approximate surface area is 87.8 Å². The highest BCUT2D eigenvalue weighted by Gasteiger charge is 2.06. The van der Waals surface area contributed by atoms with Crippen molar-refractivity contribution >= 4 is 0 Å². The van der Waals surface area contributed by atoms with E-state index in [9.17, 15) is 0 Å². The second kappa shape index (κ2) is 11.0. The fraction of sp³-hybridized carbons (Fsp3) is 1.00. The molecule has 0 fully saturated rings. The largest absolute Gasteiger partial charge is 0.396 e. The van der Waals surface area contributed by atoms with Crippen LogP contribution in [-0.2, 0) is 4.74 Å². The van der Waals surface area contributed by atoms with Gasteiger partial charge < -0.3 is 15.2 Å². The summed E-state index contributed by atoms with van der Waals surface area (Å²) >= 11 is 0. The van der Waals surface area contributed by atoms with Crippen LogP contribution in [0.4, 0.5) is 0 Å². The molecule has 0 aromatic carbocycles. The molecule has 0 amide bonds. The molecule has 0 aromatic heterocycles. The van der Waals surface area contributed by atoms with Crippen LogP contribution in [0.15, 0.2) is 0 Å². The summed E-state index contributed by atoms with van der Waals surface area (Å²) in [6, 6.07) is 0.316. The number of unbranched alkanes of at least 4 members (excludes halogenated alkanes) is 1. The zero-order chi connectivity index (χ0) is 10.6. The smallest absolute Gasteiger partial charge is 0.0620 e. The van der Waals surface area contributed by atoms with Crippen LogP contribution in [0, 0.1) is 0 Å². The lowest BCUT2D eigenvalue weighted by molar-refractivity contribution is 0.0995. The third-order valence-corrected chi connectivity index (χ3v) is 2.12. The van der Waals surface area contributed by atoms with Gasteiger partial charge in [0.15, 0.2) is 0 Å². The number of rotatable bonds is 10. The van der Waals surface area contributed by atoms with Crippen molar-refractivity contribution in [2.45, 2.75) is 45.6 Å². The second-order valence-corrected chi connectivity index (χ2v) is 3.59. The standard InChI is InChI=1S/C11H25NO2/c1-3-5-9-14-10-11(6-8-13)12-7-4-2/h11-13H,3-10H2,1-2H3. The van der Waals surface area contributed by atoms with Crippen LogP contribution in [0.5, 0.6) is 0 Å². The molecule has 3 heteroatoms. The number of aliphatic hydroxyl groups is 1. The van der Waals surface area contributed by atoms with Crippen molar-refractivity contribution in [2.75, 3.05) is 26.4 Å². The van der Waals surface area contributed by atoms with E-state index >= 15 is 0 Å². The van der Waals surface area contributed by atoms with E-state index in [1.807, 2.05) is 0 Å². The van der Waals surface area contributed by atoms with Gasteiger partial charge in [0, 0.05) is 19.3 Å².